The highest BCUT2D eigenvalue weighted by molar-refractivity contribution is 5.92. The van der Waals surface area contributed by atoms with Crippen molar-refractivity contribution in [2.75, 3.05) is 13.2 Å². The third kappa shape index (κ3) is 3.45. The second kappa shape index (κ2) is 6.86. The van der Waals surface area contributed by atoms with E-state index in [9.17, 15) is 4.79 Å². The van der Waals surface area contributed by atoms with Crippen molar-refractivity contribution < 1.29 is 9.90 Å². The van der Waals surface area contributed by atoms with E-state index in [1.54, 1.807) is 11.1 Å². The molecular weight excluding hydrogens is 254 g/mol. The van der Waals surface area contributed by atoms with Gasteiger partial charge in [-0.25, -0.2) is 4.98 Å². The third-order valence-corrected chi connectivity index (χ3v) is 3.07. The lowest BCUT2D eigenvalue weighted by Crippen LogP contribution is -2.33. The molecule has 2 rings (SSSR count). The number of H-pyrrole nitrogens is 1. The zero-order chi connectivity index (χ0) is 14.4. The van der Waals surface area contributed by atoms with Crippen LogP contribution in [-0.2, 0) is 13.0 Å². The molecule has 1 amide bonds. The van der Waals surface area contributed by atoms with Crippen molar-refractivity contribution in [1.29, 1.82) is 0 Å². The number of carbonyl (C=O) groups excluding carboxylic acids is 1. The zero-order valence-electron chi connectivity index (χ0n) is 11.5. The van der Waals surface area contributed by atoms with Gasteiger partial charge in [-0.2, -0.15) is 0 Å². The molecule has 1 heterocycles. The molecule has 1 aromatic carbocycles. The molecule has 20 heavy (non-hydrogen) atoms. The van der Waals surface area contributed by atoms with Crippen LogP contribution in [0.2, 0.25) is 0 Å². The van der Waals surface area contributed by atoms with Crippen LogP contribution in [0.25, 0.3) is 0 Å². The second-order valence-electron chi connectivity index (χ2n) is 4.53. The molecule has 0 aliphatic rings. The van der Waals surface area contributed by atoms with E-state index in [0.29, 0.717) is 18.8 Å². The molecule has 0 atom stereocenters. The van der Waals surface area contributed by atoms with E-state index in [-0.39, 0.29) is 12.5 Å². The Morgan fingerprint density at radius 2 is 2.10 bits per heavy atom. The van der Waals surface area contributed by atoms with Crippen LogP contribution in [0.1, 0.15) is 28.8 Å². The van der Waals surface area contributed by atoms with Crippen LogP contribution in [-0.4, -0.2) is 39.0 Å². The SMILES string of the molecule is CCc1ncc(C(=O)N(CCO)Cc2ccccc2)[nH]1. The van der Waals surface area contributed by atoms with Crippen molar-refractivity contribution in [1.82, 2.24) is 14.9 Å². The molecule has 0 saturated carbocycles. The molecular formula is C15H19N3O2. The van der Waals surface area contributed by atoms with Gasteiger partial charge in [0, 0.05) is 19.5 Å². The molecule has 0 spiro atoms. The fourth-order valence-electron chi connectivity index (χ4n) is 2.00. The smallest absolute Gasteiger partial charge is 0.272 e. The molecule has 2 aromatic rings. The minimum Gasteiger partial charge on any atom is -0.395 e. The highest BCUT2D eigenvalue weighted by Crippen LogP contribution is 2.09. The number of aromatic nitrogens is 2. The van der Waals surface area contributed by atoms with E-state index in [1.165, 1.54) is 0 Å². The summed E-state index contributed by atoms with van der Waals surface area (Å²) < 4.78 is 0. The molecule has 5 heteroatoms. The number of aliphatic hydroxyl groups is 1. The lowest BCUT2D eigenvalue weighted by Gasteiger charge is -2.21. The van der Waals surface area contributed by atoms with Crippen LogP contribution in [0.3, 0.4) is 0 Å². The van der Waals surface area contributed by atoms with Crippen molar-refractivity contribution in [3.63, 3.8) is 0 Å². The lowest BCUT2D eigenvalue weighted by molar-refractivity contribution is 0.0702. The Morgan fingerprint density at radius 1 is 1.35 bits per heavy atom. The number of rotatable bonds is 6. The van der Waals surface area contributed by atoms with Gasteiger partial charge in [-0.1, -0.05) is 37.3 Å². The number of amides is 1. The summed E-state index contributed by atoms with van der Waals surface area (Å²) in [5.74, 6) is 0.645. The fourth-order valence-corrected chi connectivity index (χ4v) is 2.00. The molecule has 0 saturated heterocycles. The third-order valence-electron chi connectivity index (χ3n) is 3.07. The minimum absolute atomic E-state index is 0.0622. The zero-order valence-corrected chi connectivity index (χ0v) is 11.5. The molecule has 0 fully saturated rings. The van der Waals surface area contributed by atoms with E-state index in [4.69, 9.17) is 5.11 Å². The normalized spacial score (nSPS) is 10.5. The van der Waals surface area contributed by atoms with Gasteiger partial charge in [0.25, 0.3) is 5.91 Å². The Bertz CT molecular complexity index is 551. The molecule has 106 valence electrons. The first-order chi connectivity index (χ1) is 9.74. The maximum Gasteiger partial charge on any atom is 0.272 e. The summed E-state index contributed by atoms with van der Waals surface area (Å²) in [5.41, 5.74) is 1.50. The van der Waals surface area contributed by atoms with E-state index < -0.39 is 0 Å². The summed E-state index contributed by atoms with van der Waals surface area (Å²) in [6.07, 6.45) is 2.31. The number of hydrogen-bond donors (Lipinski definition) is 2. The Hall–Kier alpha value is -2.14. The van der Waals surface area contributed by atoms with Crippen LogP contribution in [0.5, 0.6) is 0 Å². The summed E-state index contributed by atoms with van der Waals surface area (Å²) >= 11 is 0. The Balaban J connectivity index is 2.13. The van der Waals surface area contributed by atoms with Gasteiger partial charge >= 0.3 is 0 Å². The van der Waals surface area contributed by atoms with Crippen molar-refractivity contribution in [3.8, 4) is 0 Å². The van der Waals surface area contributed by atoms with Crippen LogP contribution < -0.4 is 0 Å². The topological polar surface area (TPSA) is 69.2 Å². The number of aromatic amines is 1. The number of benzene rings is 1. The number of hydrogen-bond acceptors (Lipinski definition) is 3. The fraction of sp³-hybridized carbons (Fsp3) is 0.333. The van der Waals surface area contributed by atoms with Gasteiger partial charge in [0.05, 0.1) is 12.8 Å². The van der Waals surface area contributed by atoms with E-state index >= 15 is 0 Å². The van der Waals surface area contributed by atoms with Gasteiger partial charge in [0.1, 0.15) is 11.5 Å². The first-order valence-corrected chi connectivity index (χ1v) is 6.72. The Kier molecular flexibility index (Phi) is 4.90. The summed E-state index contributed by atoms with van der Waals surface area (Å²) in [4.78, 5) is 21.2. The molecule has 0 aliphatic carbocycles. The van der Waals surface area contributed by atoms with Gasteiger partial charge in [-0.05, 0) is 5.56 Å². The van der Waals surface area contributed by atoms with Crippen molar-refractivity contribution >= 4 is 5.91 Å². The van der Waals surface area contributed by atoms with Crippen LogP contribution in [0.4, 0.5) is 0 Å². The maximum absolute atomic E-state index is 12.4. The molecule has 1 aromatic heterocycles. The van der Waals surface area contributed by atoms with Crippen LogP contribution in [0, 0.1) is 0 Å². The van der Waals surface area contributed by atoms with E-state index in [0.717, 1.165) is 17.8 Å². The quantitative estimate of drug-likeness (QED) is 0.840. The summed E-state index contributed by atoms with van der Waals surface area (Å²) in [6, 6.07) is 9.72. The molecule has 5 nitrogen and oxygen atoms in total. The first-order valence-electron chi connectivity index (χ1n) is 6.72. The highest BCUT2D eigenvalue weighted by atomic mass is 16.3. The largest absolute Gasteiger partial charge is 0.395 e. The maximum atomic E-state index is 12.4. The summed E-state index contributed by atoms with van der Waals surface area (Å²) in [5, 5.41) is 9.14. The Labute approximate surface area is 118 Å². The molecule has 0 bridgehead atoms. The van der Waals surface area contributed by atoms with Gasteiger partial charge < -0.3 is 15.0 Å². The van der Waals surface area contributed by atoms with E-state index in [1.807, 2.05) is 37.3 Å². The van der Waals surface area contributed by atoms with Crippen molar-refractivity contribution in [3.05, 3.63) is 53.6 Å². The monoisotopic (exact) mass is 273 g/mol. The van der Waals surface area contributed by atoms with Gasteiger partial charge in [-0.3, -0.25) is 4.79 Å². The van der Waals surface area contributed by atoms with Crippen LogP contribution in [0.15, 0.2) is 36.5 Å². The number of nitrogens with one attached hydrogen (secondary N) is 1. The number of carbonyl (C=O) groups is 1. The average Bonchev–Trinajstić information content (AvgIpc) is 2.96. The molecule has 0 aliphatic heterocycles. The summed E-state index contributed by atoms with van der Waals surface area (Å²) in [6.45, 7) is 2.69. The number of aryl methyl sites for hydroxylation is 1. The minimum atomic E-state index is -0.143. The Morgan fingerprint density at radius 3 is 2.70 bits per heavy atom. The highest BCUT2D eigenvalue weighted by Gasteiger charge is 2.17. The van der Waals surface area contributed by atoms with Crippen LogP contribution >= 0.6 is 0 Å². The second-order valence-corrected chi connectivity index (χ2v) is 4.53. The average molecular weight is 273 g/mol. The van der Waals surface area contributed by atoms with Gasteiger partial charge in [0.15, 0.2) is 0 Å². The summed E-state index contributed by atoms with van der Waals surface area (Å²) in [7, 11) is 0. The molecule has 2 N–H and O–H groups in total. The first kappa shape index (κ1) is 14.3. The van der Waals surface area contributed by atoms with Crippen molar-refractivity contribution in [2.24, 2.45) is 0 Å². The number of imidazole rings is 1. The molecule has 0 radical (unpaired) electrons. The number of aliphatic hydroxyl groups excluding tert-OH is 1. The predicted octanol–water partition coefficient (Wildman–Crippen LogP) is 1.61. The predicted molar refractivity (Wildman–Crippen MR) is 76.2 cm³/mol. The van der Waals surface area contributed by atoms with Crippen molar-refractivity contribution in [2.45, 2.75) is 19.9 Å². The van der Waals surface area contributed by atoms with E-state index in [2.05, 4.69) is 9.97 Å². The molecule has 0 unspecified atom stereocenters. The van der Waals surface area contributed by atoms with Gasteiger partial charge in [-0.15, -0.1) is 0 Å². The van der Waals surface area contributed by atoms with Gasteiger partial charge in [0.2, 0.25) is 0 Å². The standard InChI is InChI=1S/C15H19N3O2/c1-2-14-16-10-13(17-14)15(20)18(8-9-19)11-12-6-4-3-5-7-12/h3-7,10,19H,2,8-9,11H2,1H3,(H,16,17). The number of nitrogens with zero attached hydrogens (tertiary/aromatic N) is 2. The lowest BCUT2D eigenvalue weighted by atomic mass is 10.2.